The van der Waals surface area contributed by atoms with E-state index in [-0.39, 0.29) is 30.8 Å². The first-order chi connectivity index (χ1) is 15.1. The van der Waals surface area contributed by atoms with Crippen molar-refractivity contribution in [2.75, 3.05) is 32.0 Å². The zero-order valence-electron chi connectivity index (χ0n) is 17.7. The van der Waals surface area contributed by atoms with E-state index in [0.717, 1.165) is 10.0 Å². The first-order valence-corrected chi connectivity index (χ1v) is 12.6. The van der Waals surface area contributed by atoms with Crippen molar-refractivity contribution in [1.82, 2.24) is 9.80 Å². The molecule has 174 valence electrons. The van der Waals surface area contributed by atoms with Crippen LogP contribution in [0.3, 0.4) is 0 Å². The summed E-state index contributed by atoms with van der Waals surface area (Å²) in [5.74, 6) is -0.430. The third-order valence-corrected chi connectivity index (χ3v) is 6.57. The Morgan fingerprint density at radius 2 is 1.94 bits per heavy atom. The molecule has 32 heavy (non-hydrogen) atoms. The highest BCUT2D eigenvalue weighted by atomic mass is 79.9. The molecule has 1 N–H and O–H groups in total. The highest BCUT2D eigenvalue weighted by molar-refractivity contribution is 9.10. The molecule has 0 spiro atoms. The van der Waals surface area contributed by atoms with Crippen LogP contribution in [-0.2, 0) is 27.9 Å². The lowest BCUT2D eigenvalue weighted by Gasteiger charge is -2.39. The first-order valence-electron chi connectivity index (χ1n) is 10.2. The molecular formula is C22H26BrFN2O5S. The lowest BCUT2D eigenvalue weighted by Crippen LogP contribution is -2.54. The molecule has 1 aliphatic rings. The van der Waals surface area contributed by atoms with Crippen molar-refractivity contribution in [3.8, 4) is 5.75 Å². The molecule has 10 heteroatoms. The fourth-order valence-corrected chi connectivity index (χ4v) is 4.63. The predicted octanol–water partition coefficient (Wildman–Crippen LogP) is 3.13. The molecular weight excluding hydrogens is 503 g/mol. The normalized spacial score (nSPS) is 17.4. The Hall–Kier alpha value is -2.01. The van der Waals surface area contributed by atoms with E-state index in [2.05, 4.69) is 20.8 Å². The van der Waals surface area contributed by atoms with Gasteiger partial charge in [0.1, 0.15) is 11.6 Å². The van der Waals surface area contributed by atoms with Gasteiger partial charge in [-0.2, -0.15) is 8.42 Å². The smallest absolute Gasteiger partial charge is 0.265 e. The Morgan fingerprint density at radius 3 is 2.59 bits per heavy atom. The van der Waals surface area contributed by atoms with E-state index < -0.39 is 15.9 Å². The number of piperazine rings is 1. The van der Waals surface area contributed by atoms with Crippen molar-refractivity contribution in [1.29, 1.82) is 0 Å². The molecule has 1 fully saturated rings. The van der Waals surface area contributed by atoms with Crippen LogP contribution in [0.1, 0.15) is 18.1 Å². The van der Waals surface area contributed by atoms with Gasteiger partial charge in [-0.25, -0.2) is 4.39 Å². The van der Waals surface area contributed by atoms with Crippen molar-refractivity contribution < 1.29 is 26.9 Å². The number of rotatable bonds is 8. The van der Waals surface area contributed by atoms with Crippen LogP contribution in [0, 0.1) is 5.82 Å². The number of hydrogen-bond donors (Lipinski definition) is 1. The second-order valence-electron chi connectivity index (χ2n) is 7.87. The van der Waals surface area contributed by atoms with Crippen LogP contribution in [0.25, 0.3) is 0 Å². The van der Waals surface area contributed by atoms with E-state index in [1.54, 1.807) is 35.2 Å². The van der Waals surface area contributed by atoms with Gasteiger partial charge in [-0.05, 0) is 54.8 Å². The summed E-state index contributed by atoms with van der Waals surface area (Å²) < 4.78 is 50.7. The van der Waals surface area contributed by atoms with Crippen molar-refractivity contribution in [2.45, 2.75) is 25.9 Å². The SMILES string of the molecule is C[C@@H]1CN(Cc2ccc(F)cc2)CCN1C(=O)COc1ccc(Br)cc1CCS(=O)(=O)O. The minimum atomic E-state index is -4.11. The van der Waals surface area contributed by atoms with E-state index in [4.69, 9.17) is 9.29 Å². The third-order valence-electron chi connectivity index (χ3n) is 5.35. The summed E-state index contributed by atoms with van der Waals surface area (Å²) in [6.45, 7) is 4.46. The average Bonchev–Trinajstić information content (AvgIpc) is 2.72. The Kier molecular flexibility index (Phi) is 8.26. The van der Waals surface area contributed by atoms with Gasteiger partial charge < -0.3 is 9.64 Å². The number of aryl methyl sites for hydroxylation is 1. The first kappa shape index (κ1) is 24.6. The summed E-state index contributed by atoms with van der Waals surface area (Å²) in [4.78, 5) is 16.8. The van der Waals surface area contributed by atoms with Gasteiger partial charge in [0.15, 0.2) is 6.61 Å². The summed E-state index contributed by atoms with van der Waals surface area (Å²) in [6.07, 6.45) is 0.0697. The van der Waals surface area contributed by atoms with Crippen LogP contribution < -0.4 is 4.74 Å². The number of carbonyl (C=O) groups excluding carboxylic acids is 1. The Labute approximate surface area is 196 Å². The van der Waals surface area contributed by atoms with E-state index in [0.29, 0.717) is 37.5 Å². The van der Waals surface area contributed by atoms with Gasteiger partial charge in [0.2, 0.25) is 0 Å². The third kappa shape index (κ3) is 7.26. The standard InChI is InChI=1S/C22H26BrFN2O5S/c1-16-13-25(14-17-2-5-20(24)6-3-17)9-10-26(16)22(27)15-31-21-7-4-19(23)12-18(21)8-11-32(28,29)30/h2-7,12,16H,8-11,13-15H2,1H3,(H,28,29,30)/t16-/m1/s1. The highest BCUT2D eigenvalue weighted by Gasteiger charge is 2.27. The molecule has 2 aromatic rings. The van der Waals surface area contributed by atoms with Crippen molar-refractivity contribution >= 4 is 32.0 Å². The van der Waals surface area contributed by atoms with Crippen LogP contribution in [0.15, 0.2) is 46.9 Å². The topological polar surface area (TPSA) is 87.2 Å². The minimum Gasteiger partial charge on any atom is -0.483 e. The summed E-state index contributed by atoms with van der Waals surface area (Å²) in [5.41, 5.74) is 1.61. The quantitative estimate of drug-likeness (QED) is 0.529. The van der Waals surface area contributed by atoms with Gasteiger partial charge in [0.05, 0.1) is 5.75 Å². The van der Waals surface area contributed by atoms with Gasteiger partial charge in [-0.15, -0.1) is 0 Å². The lowest BCUT2D eigenvalue weighted by atomic mass is 10.1. The molecule has 1 saturated heterocycles. The van der Waals surface area contributed by atoms with Crippen molar-refractivity contribution in [2.24, 2.45) is 0 Å². The number of benzene rings is 2. The molecule has 0 unspecified atom stereocenters. The number of halogens is 2. The zero-order valence-corrected chi connectivity index (χ0v) is 20.1. The summed E-state index contributed by atoms with van der Waals surface area (Å²) in [5, 5.41) is 0. The molecule has 1 atom stereocenters. The van der Waals surface area contributed by atoms with E-state index in [9.17, 15) is 17.6 Å². The molecule has 0 saturated carbocycles. The summed E-state index contributed by atoms with van der Waals surface area (Å²) in [7, 11) is -4.11. The number of ether oxygens (including phenoxy) is 1. The molecule has 1 amide bonds. The van der Waals surface area contributed by atoms with Crippen LogP contribution in [0.5, 0.6) is 5.75 Å². The average molecular weight is 529 g/mol. The molecule has 2 aromatic carbocycles. The zero-order chi connectivity index (χ0) is 23.3. The Morgan fingerprint density at radius 1 is 1.22 bits per heavy atom. The predicted molar refractivity (Wildman–Crippen MR) is 123 cm³/mol. The summed E-state index contributed by atoms with van der Waals surface area (Å²) in [6, 6.07) is 11.5. The van der Waals surface area contributed by atoms with Gasteiger partial charge in [-0.1, -0.05) is 28.1 Å². The van der Waals surface area contributed by atoms with Gasteiger partial charge in [0, 0.05) is 36.7 Å². The number of carbonyl (C=O) groups is 1. The Bertz CT molecular complexity index is 1050. The fourth-order valence-electron chi connectivity index (χ4n) is 3.74. The van der Waals surface area contributed by atoms with E-state index in [1.165, 1.54) is 12.1 Å². The highest BCUT2D eigenvalue weighted by Crippen LogP contribution is 2.24. The number of hydrogen-bond acceptors (Lipinski definition) is 5. The van der Waals surface area contributed by atoms with Gasteiger partial charge in [0.25, 0.3) is 16.0 Å². The lowest BCUT2D eigenvalue weighted by molar-refractivity contribution is -0.138. The van der Waals surface area contributed by atoms with Crippen molar-refractivity contribution in [3.63, 3.8) is 0 Å². The second-order valence-corrected chi connectivity index (χ2v) is 10.4. The molecule has 0 aliphatic carbocycles. The molecule has 7 nitrogen and oxygen atoms in total. The van der Waals surface area contributed by atoms with E-state index in [1.807, 2.05) is 6.92 Å². The largest absolute Gasteiger partial charge is 0.483 e. The van der Waals surface area contributed by atoms with Gasteiger partial charge >= 0.3 is 0 Å². The number of amides is 1. The van der Waals surface area contributed by atoms with Crippen LogP contribution in [0.2, 0.25) is 0 Å². The molecule has 1 aliphatic heterocycles. The van der Waals surface area contributed by atoms with Crippen LogP contribution >= 0.6 is 15.9 Å². The number of nitrogens with zero attached hydrogens (tertiary/aromatic N) is 2. The van der Waals surface area contributed by atoms with Crippen LogP contribution in [-0.4, -0.2) is 66.7 Å². The maximum absolute atomic E-state index is 13.1. The maximum Gasteiger partial charge on any atom is 0.265 e. The van der Waals surface area contributed by atoms with Crippen LogP contribution in [0.4, 0.5) is 4.39 Å². The van der Waals surface area contributed by atoms with Gasteiger partial charge in [-0.3, -0.25) is 14.2 Å². The fraction of sp³-hybridized carbons (Fsp3) is 0.409. The van der Waals surface area contributed by atoms with Crippen molar-refractivity contribution in [3.05, 3.63) is 63.9 Å². The molecule has 3 rings (SSSR count). The maximum atomic E-state index is 13.1. The molecule has 0 aromatic heterocycles. The minimum absolute atomic E-state index is 0.00998. The Balaban J connectivity index is 1.55. The monoisotopic (exact) mass is 528 g/mol. The molecule has 1 heterocycles. The molecule has 0 radical (unpaired) electrons. The summed E-state index contributed by atoms with van der Waals surface area (Å²) >= 11 is 3.33. The molecule has 0 bridgehead atoms. The van der Waals surface area contributed by atoms with E-state index >= 15 is 0 Å². The second kappa shape index (κ2) is 10.7.